The van der Waals surface area contributed by atoms with E-state index < -0.39 is 0 Å². The van der Waals surface area contributed by atoms with Gasteiger partial charge in [0.15, 0.2) is 6.61 Å². The maximum atomic E-state index is 12.9. The molecule has 2 aromatic carbocycles. The van der Waals surface area contributed by atoms with Gasteiger partial charge >= 0.3 is 0 Å². The standard InChI is InChI=1S/C21H25FN2O2/c1-16-13-19(11-12-24(16)14-17-5-3-2-4-6-17)23-21(25)15-26-20-9-7-18(22)8-10-20/h2-10,16,19H,11-15H2,1H3,(H,23,25). The fourth-order valence-corrected chi connectivity index (χ4v) is 3.35. The quantitative estimate of drug-likeness (QED) is 0.863. The van der Waals surface area contributed by atoms with Crippen LogP contribution in [0.2, 0.25) is 0 Å². The van der Waals surface area contributed by atoms with Crippen LogP contribution in [-0.4, -0.2) is 36.0 Å². The molecule has 1 heterocycles. The van der Waals surface area contributed by atoms with Crippen LogP contribution in [0, 0.1) is 5.82 Å². The van der Waals surface area contributed by atoms with Crippen LogP contribution < -0.4 is 10.1 Å². The summed E-state index contributed by atoms with van der Waals surface area (Å²) in [6, 6.07) is 16.7. The number of piperidine rings is 1. The molecule has 138 valence electrons. The Morgan fingerprint density at radius 2 is 1.92 bits per heavy atom. The average molecular weight is 356 g/mol. The molecule has 1 amide bonds. The molecule has 0 bridgehead atoms. The molecule has 2 unspecified atom stereocenters. The minimum Gasteiger partial charge on any atom is -0.484 e. The van der Waals surface area contributed by atoms with E-state index in [1.54, 1.807) is 0 Å². The molecule has 1 saturated heterocycles. The highest BCUT2D eigenvalue weighted by Gasteiger charge is 2.26. The lowest BCUT2D eigenvalue weighted by molar-refractivity contribution is -0.124. The summed E-state index contributed by atoms with van der Waals surface area (Å²) in [7, 11) is 0. The molecule has 0 aliphatic carbocycles. The van der Waals surface area contributed by atoms with Crippen molar-refractivity contribution >= 4 is 5.91 Å². The van der Waals surface area contributed by atoms with Crippen LogP contribution in [0.25, 0.3) is 0 Å². The molecule has 26 heavy (non-hydrogen) atoms. The first-order chi connectivity index (χ1) is 12.6. The van der Waals surface area contributed by atoms with Crippen molar-refractivity contribution in [3.63, 3.8) is 0 Å². The Bertz CT molecular complexity index is 706. The van der Waals surface area contributed by atoms with Crippen LogP contribution in [0.5, 0.6) is 5.75 Å². The van der Waals surface area contributed by atoms with Crippen LogP contribution in [0.4, 0.5) is 4.39 Å². The number of halogens is 1. The Hall–Kier alpha value is -2.40. The number of benzene rings is 2. The Morgan fingerprint density at radius 1 is 1.19 bits per heavy atom. The van der Waals surface area contributed by atoms with E-state index in [4.69, 9.17) is 4.74 Å². The number of rotatable bonds is 6. The topological polar surface area (TPSA) is 41.6 Å². The van der Waals surface area contributed by atoms with Gasteiger partial charge in [0.1, 0.15) is 11.6 Å². The van der Waals surface area contributed by atoms with E-state index in [1.807, 2.05) is 6.07 Å². The summed E-state index contributed by atoms with van der Waals surface area (Å²) >= 11 is 0. The largest absolute Gasteiger partial charge is 0.484 e. The summed E-state index contributed by atoms with van der Waals surface area (Å²) in [5, 5.41) is 3.05. The van der Waals surface area contributed by atoms with Crippen molar-refractivity contribution in [2.24, 2.45) is 0 Å². The van der Waals surface area contributed by atoms with Gasteiger partial charge in [0.2, 0.25) is 0 Å². The zero-order valence-electron chi connectivity index (χ0n) is 15.0. The Balaban J connectivity index is 1.42. The van der Waals surface area contributed by atoms with Gasteiger partial charge in [-0.15, -0.1) is 0 Å². The number of carbonyl (C=O) groups excluding carboxylic acids is 1. The molecule has 1 aliphatic rings. The van der Waals surface area contributed by atoms with Gasteiger partial charge in [0, 0.05) is 25.2 Å². The van der Waals surface area contributed by atoms with Gasteiger partial charge in [-0.2, -0.15) is 0 Å². The van der Waals surface area contributed by atoms with E-state index in [0.717, 1.165) is 25.9 Å². The summed E-state index contributed by atoms with van der Waals surface area (Å²) in [5.41, 5.74) is 1.31. The van der Waals surface area contributed by atoms with E-state index >= 15 is 0 Å². The smallest absolute Gasteiger partial charge is 0.258 e. The SMILES string of the molecule is CC1CC(NC(=O)COc2ccc(F)cc2)CCN1Cc1ccccc1. The normalized spacial score (nSPS) is 20.5. The molecule has 4 nitrogen and oxygen atoms in total. The summed E-state index contributed by atoms with van der Waals surface area (Å²) in [4.78, 5) is 14.6. The zero-order valence-corrected chi connectivity index (χ0v) is 15.0. The van der Waals surface area contributed by atoms with Gasteiger partial charge in [-0.05, 0) is 49.6 Å². The van der Waals surface area contributed by atoms with E-state index in [-0.39, 0.29) is 24.4 Å². The van der Waals surface area contributed by atoms with Crippen molar-refractivity contribution in [2.45, 2.75) is 38.4 Å². The van der Waals surface area contributed by atoms with Crippen molar-refractivity contribution < 1.29 is 13.9 Å². The molecular formula is C21H25FN2O2. The summed E-state index contributed by atoms with van der Waals surface area (Å²) in [6.07, 6.45) is 1.86. The van der Waals surface area contributed by atoms with Crippen LogP contribution in [-0.2, 0) is 11.3 Å². The van der Waals surface area contributed by atoms with Gasteiger partial charge < -0.3 is 10.1 Å². The maximum absolute atomic E-state index is 12.9. The Labute approximate surface area is 154 Å². The molecule has 3 rings (SSSR count). The molecular weight excluding hydrogens is 331 g/mol. The summed E-state index contributed by atoms with van der Waals surface area (Å²) < 4.78 is 18.3. The lowest BCUT2D eigenvalue weighted by Crippen LogP contribution is -2.49. The number of ether oxygens (including phenoxy) is 1. The highest BCUT2D eigenvalue weighted by atomic mass is 19.1. The number of hydrogen-bond donors (Lipinski definition) is 1. The van der Waals surface area contributed by atoms with E-state index in [2.05, 4.69) is 41.4 Å². The number of carbonyl (C=O) groups is 1. The molecule has 1 aliphatic heterocycles. The first kappa shape index (κ1) is 18.4. The predicted octanol–water partition coefficient (Wildman–Crippen LogP) is 3.37. The van der Waals surface area contributed by atoms with Crippen molar-refractivity contribution in [3.8, 4) is 5.75 Å². The maximum Gasteiger partial charge on any atom is 0.258 e. The van der Waals surface area contributed by atoms with Crippen LogP contribution in [0.3, 0.4) is 0 Å². The lowest BCUT2D eigenvalue weighted by Gasteiger charge is -2.38. The van der Waals surface area contributed by atoms with Gasteiger partial charge in [-0.3, -0.25) is 9.69 Å². The average Bonchev–Trinajstić information content (AvgIpc) is 2.64. The molecule has 1 N–H and O–H groups in total. The number of amides is 1. The Kier molecular flexibility index (Phi) is 6.23. The molecule has 0 radical (unpaired) electrons. The third-order valence-electron chi connectivity index (χ3n) is 4.79. The first-order valence-electron chi connectivity index (χ1n) is 9.06. The van der Waals surface area contributed by atoms with Crippen molar-refractivity contribution in [3.05, 3.63) is 66.0 Å². The van der Waals surface area contributed by atoms with Gasteiger partial charge in [0.25, 0.3) is 5.91 Å². The molecule has 2 atom stereocenters. The highest BCUT2D eigenvalue weighted by Crippen LogP contribution is 2.20. The van der Waals surface area contributed by atoms with E-state index in [0.29, 0.717) is 11.8 Å². The van der Waals surface area contributed by atoms with Gasteiger partial charge in [-0.1, -0.05) is 30.3 Å². The van der Waals surface area contributed by atoms with Gasteiger partial charge in [-0.25, -0.2) is 4.39 Å². The Morgan fingerprint density at radius 3 is 2.62 bits per heavy atom. The third-order valence-corrected chi connectivity index (χ3v) is 4.79. The predicted molar refractivity (Wildman–Crippen MR) is 99.4 cm³/mol. The third kappa shape index (κ3) is 5.30. The van der Waals surface area contributed by atoms with Gasteiger partial charge in [0.05, 0.1) is 0 Å². The molecule has 5 heteroatoms. The summed E-state index contributed by atoms with van der Waals surface area (Å²) in [6.45, 7) is 4.05. The van der Waals surface area contributed by atoms with Crippen molar-refractivity contribution in [1.29, 1.82) is 0 Å². The molecule has 0 spiro atoms. The number of hydrogen-bond acceptors (Lipinski definition) is 3. The minimum atomic E-state index is -0.321. The molecule has 1 fully saturated rings. The summed E-state index contributed by atoms with van der Waals surface area (Å²) in [5.74, 6) is 0.0358. The molecule has 0 saturated carbocycles. The second-order valence-corrected chi connectivity index (χ2v) is 6.84. The van der Waals surface area contributed by atoms with Crippen molar-refractivity contribution in [2.75, 3.05) is 13.2 Å². The van der Waals surface area contributed by atoms with Crippen molar-refractivity contribution in [1.82, 2.24) is 10.2 Å². The van der Waals surface area contributed by atoms with Crippen LogP contribution in [0.1, 0.15) is 25.3 Å². The first-order valence-corrected chi connectivity index (χ1v) is 9.06. The van der Waals surface area contributed by atoms with Crippen LogP contribution in [0.15, 0.2) is 54.6 Å². The minimum absolute atomic E-state index is 0.0513. The highest BCUT2D eigenvalue weighted by molar-refractivity contribution is 5.77. The second-order valence-electron chi connectivity index (χ2n) is 6.84. The fourth-order valence-electron chi connectivity index (χ4n) is 3.35. The van der Waals surface area contributed by atoms with E-state index in [1.165, 1.54) is 29.8 Å². The molecule has 2 aromatic rings. The second kappa shape index (κ2) is 8.81. The van der Waals surface area contributed by atoms with Crippen LogP contribution >= 0.6 is 0 Å². The number of likely N-dealkylation sites (tertiary alicyclic amines) is 1. The zero-order chi connectivity index (χ0) is 18.4. The monoisotopic (exact) mass is 356 g/mol. The lowest BCUT2D eigenvalue weighted by atomic mass is 9.97. The van der Waals surface area contributed by atoms with E-state index in [9.17, 15) is 9.18 Å². The number of nitrogens with one attached hydrogen (secondary N) is 1. The molecule has 0 aromatic heterocycles. The fraction of sp³-hybridized carbons (Fsp3) is 0.381. The number of nitrogens with zero attached hydrogens (tertiary/aromatic N) is 1.